The van der Waals surface area contributed by atoms with Crippen molar-refractivity contribution in [2.75, 3.05) is 6.79 Å². The maximum atomic E-state index is 6.26. The van der Waals surface area contributed by atoms with Gasteiger partial charge in [-0.05, 0) is 48.4 Å². The van der Waals surface area contributed by atoms with Crippen molar-refractivity contribution in [1.29, 1.82) is 0 Å². The van der Waals surface area contributed by atoms with Crippen LogP contribution in [0.5, 0.6) is 11.5 Å². The van der Waals surface area contributed by atoms with E-state index < -0.39 is 0 Å². The van der Waals surface area contributed by atoms with E-state index in [0.717, 1.165) is 54.8 Å². The van der Waals surface area contributed by atoms with Gasteiger partial charge in [-0.15, -0.1) is 21.5 Å². The lowest BCUT2D eigenvalue weighted by Gasteiger charge is -2.06. The van der Waals surface area contributed by atoms with Gasteiger partial charge in [0.25, 0.3) is 0 Å². The summed E-state index contributed by atoms with van der Waals surface area (Å²) in [5, 5.41) is 12.4. The van der Waals surface area contributed by atoms with Gasteiger partial charge in [0.05, 0.1) is 5.69 Å². The predicted octanol–water partition coefficient (Wildman–Crippen LogP) is 5.44. The fourth-order valence-electron chi connectivity index (χ4n) is 3.05. The van der Waals surface area contributed by atoms with E-state index in [4.69, 9.17) is 21.1 Å². The molecule has 4 aromatic rings. The summed E-state index contributed by atoms with van der Waals surface area (Å²) < 4.78 is 12.9. The molecule has 0 N–H and O–H groups in total. The smallest absolute Gasteiger partial charge is 0.231 e. The second-order valence-corrected chi connectivity index (χ2v) is 8.43. The molecule has 0 saturated carbocycles. The predicted molar refractivity (Wildman–Crippen MR) is 108 cm³/mol. The maximum absolute atomic E-state index is 6.26. The molecule has 5 nitrogen and oxygen atoms in total. The topological polar surface area (TPSA) is 48.7 Å². The number of hydrogen-bond acceptors (Lipinski definition) is 6. The summed E-state index contributed by atoms with van der Waals surface area (Å²) in [4.78, 5) is 0.871. The quantitative estimate of drug-likeness (QED) is 0.415. The number of aromatic nitrogens is 3. The molecule has 0 aliphatic carbocycles. The van der Waals surface area contributed by atoms with Gasteiger partial charge >= 0.3 is 0 Å². The van der Waals surface area contributed by atoms with Crippen LogP contribution in [0.1, 0.15) is 11.1 Å². The second kappa shape index (κ2) is 6.74. The third kappa shape index (κ3) is 3.16. The molecule has 0 amide bonds. The lowest BCUT2D eigenvalue weighted by atomic mass is 10.1. The standard InChI is InChI=1S/C19H14ClN3O2S2/c1-11-4-13(7-14(20)5-11)15-9-27-19-22-21-18(23(15)19)26-8-12-2-3-16-17(6-12)25-10-24-16/h2-7,9H,8,10H2,1H3. The molecule has 27 heavy (non-hydrogen) atoms. The minimum atomic E-state index is 0.286. The first-order valence-corrected chi connectivity index (χ1v) is 10.5. The van der Waals surface area contributed by atoms with E-state index in [9.17, 15) is 0 Å². The number of benzene rings is 2. The molecule has 0 unspecified atom stereocenters. The molecule has 1 aliphatic rings. The van der Waals surface area contributed by atoms with E-state index in [1.165, 1.54) is 0 Å². The van der Waals surface area contributed by atoms with Crippen molar-refractivity contribution in [2.24, 2.45) is 0 Å². The molecule has 0 spiro atoms. The van der Waals surface area contributed by atoms with Crippen LogP contribution in [-0.4, -0.2) is 21.4 Å². The Morgan fingerprint density at radius 1 is 1.15 bits per heavy atom. The number of rotatable bonds is 4. The average Bonchev–Trinajstić information content (AvgIpc) is 3.35. The van der Waals surface area contributed by atoms with Crippen molar-refractivity contribution in [3.8, 4) is 22.8 Å². The normalized spacial score (nSPS) is 12.8. The van der Waals surface area contributed by atoms with E-state index in [1.54, 1.807) is 23.1 Å². The summed E-state index contributed by atoms with van der Waals surface area (Å²) in [7, 11) is 0. The number of fused-ring (bicyclic) bond motifs is 2. The highest BCUT2D eigenvalue weighted by atomic mass is 35.5. The molecule has 2 aromatic carbocycles. The molecule has 136 valence electrons. The van der Waals surface area contributed by atoms with Crippen molar-refractivity contribution in [1.82, 2.24) is 14.6 Å². The second-order valence-electron chi connectivity index (χ2n) is 6.22. The van der Waals surface area contributed by atoms with Gasteiger partial charge in [-0.1, -0.05) is 29.4 Å². The van der Waals surface area contributed by atoms with Crippen molar-refractivity contribution < 1.29 is 9.47 Å². The van der Waals surface area contributed by atoms with Gasteiger partial charge in [0.15, 0.2) is 16.7 Å². The Kier molecular flexibility index (Phi) is 4.22. The van der Waals surface area contributed by atoms with E-state index in [-0.39, 0.29) is 6.79 Å². The molecule has 2 aromatic heterocycles. The molecule has 0 atom stereocenters. The number of aryl methyl sites for hydroxylation is 1. The van der Waals surface area contributed by atoms with Gasteiger partial charge in [-0.3, -0.25) is 4.40 Å². The highest BCUT2D eigenvalue weighted by Crippen LogP contribution is 2.36. The first-order chi connectivity index (χ1) is 13.2. The fourth-order valence-corrected chi connectivity index (χ4v) is 5.13. The Bertz CT molecular complexity index is 1140. The monoisotopic (exact) mass is 415 g/mol. The first-order valence-electron chi connectivity index (χ1n) is 8.29. The van der Waals surface area contributed by atoms with Crippen molar-refractivity contribution in [3.05, 3.63) is 57.9 Å². The number of nitrogens with zero attached hydrogens (tertiary/aromatic N) is 3. The minimum Gasteiger partial charge on any atom is -0.454 e. The number of thiazole rings is 1. The molecule has 0 bridgehead atoms. The zero-order chi connectivity index (χ0) is 18.4. The third-order valence-electron chi connectivity index (χ3n) is 4.26. The highest BCUT2D eigenvalue weighted by molar-refractivity contribution is 7.98. The SMILES string of the molecule is Cc1cc(Cl)cc(-c2csc3nnc(SCc4ccc5c(c4)OCO5)n23)c1. The number of thioether (sulfide) groups is 1. The van der Waals surface area contributed by atoms with Gasteiger partial charge in [-0.2, -0.15) is 0 Å². The Balaban J connectivity index is 1.46. The summed E-state index contributed by atoms with van der Waals surface area (Å²) in [5.74, 6) is 2.36. The Labute approximate surface area is 168 Å². The molecule has 0 radical (unpaired) electrons. The van der Waals surface area contributed by atoms with Gasteiger partial charge in [0.2, 0.25) is 11.8 Å². The van der Waals surface area contributed by atoms with Gasteiger partial charge in [0.1, 0.15) is 0 Å². The van der Waals surface area contributed by atoms with Crippen LogP contribution in [0.2, 0.25) is 5.02 Å². The number of ether oxygens (including phenoxy) is 2. The van der Waals surface area contributed by atoms with Crippen molar-refractivity contribution in [3.63, 3.8) is 0 Å². The summed E-state index contributed by atoms with van der Waals surface area (Å²) in [6, 6.07) is 12.1. The van der Waals surface area contributed by atoms with Crippen molar-refractivity contribution >= 4 is 39.7 Å². The van der Waals surface area contributed by atoms with Crippen molar-refractivity contribution in [2.45, 2.75) is 17.8 Å². The summed E-state index contributed by atoms with van der Waals surface area (Å²) in [6.45, 7) is 2.33. The summed E-state index contributed by atoms with van der Waals surface area (Å²) in [6.07, 6.45) is 0. The number of hydrogen-bond donors (Lipinski definition) is 0. The van der Waals surface area contributed by atoms with Gasteiger partial charge < -0.3 is 9.47 Å². The lowest BCUT2D eigenvalue weighted by Crippen LogP contribution is -1.93. The van der Waals surface area contributed by atoms with Crippen LogP contribution in [0.3, 0.4) is 0 Å². The first kappa shape index (κ1) is 16.9. The zero-order valence-corrected chi connectivity index (χ0v) is 16.7. The lowest BCUT2D eigenvalue weighted by molar-refractivity contribution is 0.174. The van der Waals surface area contributed by atoms with Crippen LogP contribution in [0, 0.1) is 6.92 Å². The molecular formula is C19H14ClN3O2S2. The van der Waals surface area contributed by atoms with Crippen LogP contribution in [0.4, 0.5) is 0 Å². The van der Waals surface area contributed by atoms with E-state index in [2.05, 4.69) is 26.0 Å². The van der Waals surface area contributed by atoms with Crippen LogP contribution in [0.25, 0.3) is 16.2 Å². The Hall–Kier alpha value is -2.22. The van der Waals surface area contributed by atoms with Gasteiger partial charge in [-0.25, -0.2) is 0 Å². The zero-order valence-electron chi connectivity index (χ0n) is 14.3. The fraction of sp³-hybridized carbons (Fsp3) is 0.158. The average molecular weight is 416 g/mol. The van der Waals surface area contributed by atoms with E-state index in [1.807, 2.05) is 37.3 Å². The van der Waals surface area contributed by atoms with Crippen LogP contribution >= 0.6 is 34.7 Å². The van der Waals surface area contributed by atoms with Crippen LogP contribution in [0.15, 0.2) is 46.9 Å². The minimum absolute atomic E-state index is 0.286. The molecule has 0 saturated heterocycles. The van der Waals surface area contributed by atoms with Crippen LogP contribution < -0.4 is 9.47 Å². The Morgan fingerprint density at radius 2 is 2.04 bits per heavy atom. The molecule has 5 rings (SSSR count). The van der Waals surface area contributed by atoms with E-state index in [0.29, 0.717) is 0 Å². The highest BCUT2D eigenvalue weighted by Gasteiger charge is 2.16. The molecule has 1 aliphatic heterocycles. The Morgan fingerprint density at radius 3 is 2.93 bits per heavy atom. The number of halogens is 1. The summed E-state index contributed by atoms with van der Waals surface area (Å²) in [5.41, 5.74) is 4.39. The maximum Gasteiger partial charge on any atom is 0.231 e. The molecule has 3 heterocycles. The third-order valence-corrected chi connectivity index (χ3v) is 6.30. The van der Waals surface area contributed by atoms with E-state index >= 15 is 0 Å². The van der Waals surface area contributed by atoms with Crippen LogP contribution in [-0.2, 0) is 5.75 Å². The molecular weight excluding hydrogens is 402 g/mol. The molecule has 8 heteroatoms. The largest absolute Gasteiger partial charge is 0.454 e. The molecule has 0 fully saturated rings. The summed E-state index contributed by atoms with van der Waals surface area (Å²) >= 11 is 9.47. The van der Waals surface area contributed by atoms with Gasteiger partial charge in [0, 0.05) is 21.7 Å².